The second-order valence-electron chi connectivity index (χ2n) is 5.02. The maximum atomic E-state index is 11.4. The standard InChI is InChI=1S/C12H16N4O10/c1-5(17)22-4-8-10(23-6(2)18)11(24-7(3)19)9(14-15-13)12(25-8)26-16(20)21/h8-12H,4H2,1-3H3/t8-,9?,10+,11-,12?/m0/s1. The zero-order chi connectivity index (χ0) is 19.9. The SMILES string of the molecule is CC(=O)OC[C@@H]1OC(O[N+](=O)[O-])C(N=[N+]=[N-])[C@H](OC(C)=O)[C@@H]1OC(C)=O. The minimum Gasteiger partial charge on any atom is -0.463 e. The summed E-state index contributed by atoms with van der Waals surface area (Å²) < 4.78 is 20.1. The highest BCUT2D eigenvalue weighted by atomic mass is 17.0. The van der Waals surface area contributed by atoms with Crippen molar-refractivity contribution in [2.75, 3.05) is 6.61 Å². The number of rotatable bonds is 7. The van der Waals surface area contributed by atoms with Crippen LogP contribution in [0.4, 0.5) is 0 Å². The maximum absolute atomic E-state index is 11.4. The Morgan fingerprint density at radius 2 is 1.73 bits per heavy atom. The van der Waals surface area contributed by atoms with E-state index >= 15 is 0 Å². The van der Waals surface area contributed by atoms with E-state index in [9.17, 15) is 24.5 Å². The van der Waals surface area contributed by atoms with Crippen LogP contribution >= 0.6 is 0 Å². The van der Waals surface area contributed by atoms with Crippen molar-refractivity contribution in [3.05, 3.63) is 20.6 Å². The molecule has 144 valence electrons. The molecule has 1 fully saturated rings. The average molecular weight is 376 g/mol. The fourth-order valence-corrected chi connectivity index (χ4v) is 2.24. The third-order valence-corrected chi connectivity index (χ3v) is 3.04. The Kier molecular flexibility index (Phi) is 7.55. The molecular formula is C12H16N4O10. The highest BCUT2D eigenvalue weighted by Crippen LogP contribution is 2.29. The Labute approximate surface area is 146 Å². The molecule has 14 heteroatoms. The van der Waals surface area contributed by atoms with Gasteiger partial charge >= 0.3 is 17.9 Å². The predicted octanol–water partition coefficient (Wildman–Crippen LogP) is 0.0250. The summed E-state index contributed by atoms with van der Waals surface area (Å²) in [6.07, 6.45) is -5.94. The topological polar surface area (TPSA) is 189 Å². The first-order valence-corrected chi connectivity index (χ1v) is 7.14. The lowest BCUT2D eigenvalue weighted by molar-refractivity contribution is -0.783. The first-order valence-electron chi connectivity index (χ1n) is 7.14. The van der Waals surface area contributed by atoms with Gasteiger partial charge in [-0.1, -0.05) is 5.11 Å². The second kappa shape index (κ2) is 9.39. The molecule has 1 rings (SSSR count). The molecule has 0 amide bonds. The number of esters is 3. The molecule has 1 heterocycles. The molecule has 0 aromatic rings. The average Bonchev–Trinajstić information content (AvgIpc) is 2.49. The summed E-state index contributed by atoms with van der Waals surface area (Å²) in [7, 11) is 0. The summed E-state index contributed by atoms with van der Waals surface area (Å²) in [4.78, 5) is 51.3. The van der Waals surface area contributed by atoms with Crippen LogP contribution < -0.4 is 0 Å². The van der Waals surface area contributed by atoms with Crippen molar-refractivity contribution >= 4 is 17.9 Å². The van der Waals surface area contributed by atoms with Crippen LogP contribution in [0.25, 0.3) is 10.4 Å². The fourth-order valence-electron chi connectivity index (χ4n) is 2.24. The number of nitrogens with zero attached hydrogens (tertiary/aromatic N) is 4. The fraction of sp³-hybridized carbons (Fsp3) is 0.750. The molecule has 26 heavy (non-hydrogen) atoms. The molecule has 1 aliphatic rings. The lowest BCUT2D eigenvalue weighted by Gasteiger charge is -2.42. The molecule has 1 aliphatic heterocycles. The van der Waals surface area contributed by atoms with Crippen molar-refractivity contribution in [1.29, 1.82) is 0 Å². The van der Waals surface area contributed by atoms with E-state index in [1.165, 1.54) is 0 Å². The van der Waals surface area contributed by atoms with E-state index in [2.05, 4.69) is 14.9 Å². The van der Waals surface area contributed by atoms with Crippen LogP contribution in [-0.4, -0.2) is 60.2 Å². The number of ether oxygens (including phenoxy) is 4. The molecule has 0 N–H and O–H groups in total. The van der Waals surface area contributed by atoms with Crippen molar-refractivity contribution in [1.82, 2.24) is 0 Å². The summed E-state index contributed by atoms with van der Waals surface area (Å²) in [5, 5.41) is 12.8. The molecule has 0 spiro atoms. The number of hydrogen-bond donors (Lipinski definition) is 0. The van der Waals surface area contributed by atoms with Crippen molar-refractivity contribution < 1.29 is 43.3 Å². The first kappa shape index (κ1) is 20.9. The van der Waals surface area contributed by atoms with Gasteiger partial charge in [0.05, 0.1) is 0 Å². The van der Waals surface area contributed by atoms with Crippen LogP contribution in [0.15, 0.2) is 5.11 Å². The van der Waals surface area contributed by atoms with E-state index in [1.807, 2.05) is 0 Å². The van der Waals surface area contributed by atoms with E-state index in [4.69, 9.17) is 24.5 Å². The maximum Gasteiger partial charge on any atom is 0.303 e. The van der Waals surface area contributed by atoms with Gasteiger partial charge in [-0.15, -0.1) is 10.1 Å². The second-order valence-corrected chi connectivity index (χ2v) is 5.02. The molecule has 14 nitrogen and oxygen atoms in total. The van der Waals surface area contributed by atoms with Crippen molar-refractivity contribution in [2.24, 2.45) is 5.11 Å². The van der Waals surface area contributed by atoms with E-state index in [1.54, 1.807) is 0 Å². The zero-order valence-electron chi connectivity index (χ0n) is 14.0. The lowest BCUT2D eigenvalue weighted by atomic mass is 9.97. The zero-order valence-corrected chi connectivity index (χ0v) is 14.0. The van der Waals surface area contributed by atoms with Crippen molar-refractivity contribution in [2.45, 2.75) is 51.4 Å². The normalized spacial score (nSPS) is 27.4. The Balaban J connectivity index is 3.28. The number of carbonyl (C=O) groups is 3. The molecule has 0 bridgehead atoms. The first-order chi connectivity index (χ1) is 12.1. The third-order valence-electron chi connectivity index (χ3n) is 3.04. The van der Waals surface area contributed by atoms with Crippen molar-refractivity contribution in [3.8, 4) is 0 Å². The van der Waals surface area contributed by atoms with E-state index in [0.717, 1.165) is 20.8 Å². The molecule has 0 aliphatic carbocycles. The highest BCUT2D eigenvalue weighted by Gasteiger charge is 2.51. The van der Waals surface area contributed by atoms with Gasteiger partial charge in [0.1, 0.15) is 18.8 Å². The van der Waals surface area contributed by atoms with Crippen LogP contribution in [0.5, 0.6) is 0 Å². The van der Waals surface area contributed by atoms with Gasteiger partial charge < -0.3 is 18.9 Å². The van der Waals surface area contributed by atoms with Gasteiger partial charge in [0, 0.05) is 25.7 Å². The molecule has 5 atom stereocenters. The van der Waals surface area contributed by atoms with E-state index in [-0.39, 0.29) is 0 Å². The summed E-state index contributed by atoms with van der Waals surface area (Å²) in [5.74, 6) is -2.36. The predicted molar refractivity (Wildman–Crippen MR) is 77.4 cm³/mol. The number of carbonyl (C=O) groups excluding carboxylic acids is 3. The molecule has 0 aromatic heterocycles. The Hall–Kier alpha value is -3.12. The third kappa shape index (κ3) is 6.07. The summed E-state index contributed by atoms with van der Waals surface area (Å²) in [6, 6.07) is -1.55. The van der Waals surface area contributed by atoms with Gasteiger partial charge in [-0.05, 0) is 5.53 Å². The summed E-state index contributed by atoms with van der Waals surface area (Å²) >= 11 is 0. The van der Waals surface area contributed by atoms with Crippen LogP contribution in [0.2, 0.25) is 0 Å². The quantitative estimate of drug-likeness (QED) is 0.111. The number of hydrogen-bond acceptors (Lipinski definition) is 11. The largest absolute Gasteiger partial charge is 0.463 e. The van der Waals surface area contributed by atoms with Gasteiger partial charge in [-0.3, -0.25) is 19.2 Å². The Bertz CT molecular complexity index is 619. The van der Waals surface area contributed by atoms with Gasteiger partial charge in [0.15, 0.2) is 12.2 Å². The van der Waals surface area contributed by atoms with Gasteiger partial charge in [-0.2, -0.15) is 0 Å². The lowest BCUT2D eigenvalue weighted by Crippen LogP contribution is -2.61. The molecular weight excluding hydrogens is 360 g/mol. The van der Waals surface area contributed by atoms with Crippen LogP contribution in [-0.2, 0) is 38.2 Å². The van der Waals surface area contributed by atoms with Crippen LogP contribution in [0.1, 0.15) is 20.8 Å². The van der Waals surface area contributed by atoms with Crippen LogP contribution in [0.3, 0.4) is 0 Å². The molecule has 1 saturated heterocycles. The molecule has 0 saturated carbocycles. The minimum absolute atomic E-state index is 0.494. The number of azide groups is 1. The van der Waals surface area contributed by atoms with E-state index in [0.29, 0.717) is 0 Å². The van der Waals surface area contributed by atoms with Crippen molar-refractivity contribution in [3.63, 3.8) is 0 Å². The van der Waals surface area contributed by atoms with E-state index < -0.39 is 60.2 Å². The smallest absolute Gasteiger partial charge is 0.303 e. The molecule has 0 radical (unpaired) electrons. The highest BCUT2D eigenvalue weighted by molar-refractivity contribution is 5.68. The van der Waals surface area contributed by atoms with Gasteiger partial charge in [0.2, 0.25) is 6.29 Å². The summed E-state index contributed by atoms with van der Waals surface area (Å²) in [6.45, 7) is 2.68. The Morgan fingerprint density at radius 3 is 2.19 bits per heavy atom. The molecule has 2 unspecified atom stereocenters. The minimum atomic E-state index is -1.79. The molecule has 0 aromatic carbocycles. The van der Waals surface area contributed by atoms with Gasteiger partial charge in [0.25, 0.3) is 5.09 Å². The van der Waals surface area contributed by atoms with Gasteiger partial charge in [-0.25, -0.2) is 0 Å². The van der Waals surface area contributed by atoms with Crippen LogP contribution in [0, 0.1) is 10.1 Å². The monoisotopic (exact) mass is 376 g/mol. The summed E-state index contributed by atoms with van der Waals surface area (Å²) in [5.41, 5.74) is 8.69. The Morgan fingerprint density at radius 1 is 1.15 bits per heavy atom.